The first-order valence-corrected chi connectivity index (χ1v) is 42.3. The maximum Gasteiger partial charge on any atom is 0.361 e. The first-order chi connectivity index (χ1) is 47.1. The van der Waals surface area contributed by atoms with Gasteiger partial charge in [-0.2, -0.15) is 0 Å². The number of carboxylic acid groups (broad SMARTS) is 1. The van der Waals surface area contributed by atoms with Crippen LogP contribution in [-0.2, 0) is 33.3 Å². The molecule has 0 radical (unpaired) electrons. The number of unbranched alkanes of at least 4 members (excludes halogenated alkanes) is 57. The molecule has 0 heterocycles. The van der Waals surface area contributed by atoms with Gasteiger partial charge in [0, 0.05) is 12.8 Å². The smallest absolute Gasteiger partial charge is 0.361 e. The normalized spacial score (nSPS) is 12.8. The fraction of sp³-hybridized carbons (Fsp3) is 0.874. The Bertz CT molecular complexity index is 1720. The van der Waals surface area contributed by atoms with E-state index in [0.29, 0.717) is 17.4 Å². The number of hydrogen-bond acceptors (Lipinski definition) is 7. The second kappa shape index (κ2) is 78.0. The van der Waals surface area contributed by atoms with Gasteiger partial charge in [0.25, 0.3) is 6.29 Å². The Kier molecular flexibility index (Phi) is 75.7. The van der Waals surface area contributed by atoms with Gasteiger partial charge in [-0.1, -0.05) is 416 Å². The van der Waals surface area contributed by atoms with Crippen molar-refractivity contribution in [2.24, 2.45) is 0 Å². The van der Waals surface area contributed by atoms with Gasteiger partial charge in [-0.05, 0) is 51.4 Å². The lowest BCUT2D eigenvalue weighted by Crippen LogP contribution is -2.40. The van der Waals surface area contributed by atoms with Crippen LogP contribution in [0.4, 0.5) is 0 Å². The van der Waals surface area contributed by atoms with Gasteiger partial charge in [-0.25, -0.2) is 4.79 Å². The number of quaternary nitrogens is 1. The summed E-state index contributed by atoms with van der Waals surface area (Å²) in [7, 11) is 6.00. The molecule has 564 valence electrons. The Morgan fingerprint density at radius 2 is 0.594 bits per heavy atom. The van der Waals surface area contributed by atoms with Gasteiger partial charge in [0.05, 0.1) is 34.4 Å². The van der Waals surface area contributed by atoms with Crippen LogP contribution in [0.5, 0.6) is 0 Å². The van der Waals surface area contributed by atoms with E-state index in [0.717, 1.165) is 64.2 Å². The third kappa shape index (κ3) is 78.6. The second-order valence-corrected chi connectivity index (χ2v) is 30.1. The zero-order valence-electron chi connectivity index (χ0n) is 64.8. The topological polar surface area (TPSA) is 108 Å². The van der Waals surface area contributed by atoms with Crippen molar-refractivity contribution in [1.82, 2.24) is 0 Å². The molecular weight excluding hydrogens is 1190 g/mol. The molecule has 0 saturated heterocycles. The number of likely N-dealkylation sites (N-methyl/N-ethyl adjacent to an activating group) is 1. The molecule has 0 aliphatic heterocycles. The van der Waals surface area contributed by atoms with Crippen molar-refractivity contribution >= 4 is 17.9 Å². The van der Waals surface area contributed by atoms with Crippen molar-refractivity contribution in [3.8, 4) is 0 Å². The average molecular weight is 1350 g/mol. The van der Waals surface area contributed by atoms with Crippen LogP contribution < -0.4 is 0 Å². The summed E-state index contributed by atoms with van der Waals surface area (Å²) in [4.78, 5) is 37.8. The number of ether oxygens (including phenoxy) is 4. The second-order valence-electron chi connectivity index (χ2n) is 30.1. The molecule has 9 nitrogen and oxygen atoms in total. The highest BCUT2D eigenvalue weighted by atomic mass is 16.7. The van der Waals surface area contributed by atoms with E-state index in [2.05, 4.69) is 62.5 Å². The summed E-state index contributed by atoms with van der Waals surface area (Å²) in [6, 6.07) is 0. The molecule has 0 aromatic heterocycles. The molecule has 0 bridgehead atoms. The number of aliphatic carboxylic acids is 1. The predicted molar refractivity (Wildman–Crippen MR) is 415 cm³/mol. The highest BCUT2D eigenvalue weighted by Crippen LogP contribution is 2.21. The molecule has 2 atom stereocenters. The van der Waals surface area contributed by atoms with E-state index >= 15 is 0 Å². The third-order valence-electron chi connectivity index (χ3n) is 19.3. The molecule has 0 aromatic carbocycles. The van der Waals surface area contributed by atoms with Crippen molar-refractivity contribution in [1.29, 1.82) is 0 Å². The summed E-state index contributed by atoms with van der Waals surface area (Å²) >= 11 is 0. The number of carbonyl (C=O) groups is 3. The van der Waals surface area contributed by atoms with Gasteiger partial charge in [0.2, 0.25) is 0 Å². The zero-order chi connectivity index (χ0) is 69.7. The lowest BCUT2D eigenvalue weighted by atomic mass is 10.0. The minimum absolute atomic E-state index is 0.175. The van der Waals surface area contributed by atoms with Gasteiger partial charge < -0.3 is 28.5 Å². The lowest BCUT2D eigenvalue weighted by molar-refractivity contribution is -0.870. The van der Waals surface area contributed by atoms with E-state index in [1.807, 2.05) is 21.1 Å². The highest BCUT2D eigenvalue weighted by molar-refractivity contribution is 5.71. The maximum atomic E-state index is 13.0. The van der Waals surface area contributed by atoms with Crippen molar-refractivity contribution in [2.45, 2.75) is 444 Å². The van der Waals surface area contributed by atoms with E-state index in [-0.39, 0.29) is 38.2 Å². The van der Waals surface area contributed by atoms with E-state index in [9.17, 15) is 19.5 Å². The molecule has 96 heavy (non-hydrogen) atoms. The number of nitrogens with zero attached hydrogens (tertiary/aromatic N) is 1. The van der Waals surface area contributed by atoms with Crippen LogP contribution >= 0.6 is 0 Å². The first kappa shape index (κ1) is 93.2. The van der Waals surface area contributed by atoms with Gasteiger partial charge in [0.15, 0.2) is 6.10 Å². The molecule has 1 N–H and O–H groups in total. The largest absolute Gasteiger partial charge is 0.477 e. The number of carbonyl (C=O) groups excluding carboxylic acids is 2. The molecule has 0 amide bonds. The molecule has 2 unspecified atom stereocenters. The SMILES string of the molecule is CC/C=C\C/C=C\C/C=C\C/C=C\CCCCCCCCCCCCCCCCCCCCCCCCC(=O)OC(COC(=O)CCCCCCCCCCCCCCCCCCCCCCCCCCCCCCCCCCCCCC)COC(OCC[N+](C)(C)C)C(=O)O. The van der Waals surface area contributed by atoms with Crippen LogP contribution in [0, 0.1) is 0 Å². The number of esters is 2. The van der Waals surface area contributed by atoms with Gasteiger partial charge >= 0.3 is 17.9 Å². The molecule has 0 aromatic rings. The molecule has 9 heteroatoms. The Hall–Kier alpha value is -2.75. The standard InChI is InChI=1S/C87H163NO8/c1-6-8-10-12-14-16-18-20-22-24-26-28-30-32-34-36-38-40-42-44-45-47-49-51-53-55-57-59-61-63-65-67-69-71-73-75-77-84(89)94-81-83(82-95-87(86(91)92)93-80-79-88(3,4)5)96-85(90)78-76-74-72-70-68-66-64-62-60-58-56-54-52-50-48-46-43-41-39-37-35-33-31-29-27-25-23-21-19-17-15-13-11-9-7-2/h9,11,15,17,21,23,27,29,83,87H,6-8,10,12-14,16,18-20,22,24-26,28,30-82H2,1-5H3/p+1/b11-9-,17-15-,23-21-,29-27-. The average Bonchev–Trinajstić information content (AvgIpc) is 2.43. The summed E-state index contributed by atoms with van der Waals surface area (Å²) in [5, 5.41) is 9.78. The zero-order valence-corrected chi connectivity index (χ0v) is 64.8. The summed E-state index contributed by atoms with van der Waals surface area (Å²) in [6.07, 6.45) is 100. The van der Waals surface area contributed by atoms with E-state index in [1.165, 1.54) is 340 Å². The Labute approximate surface area is 597 Å². The Morgan fingerprint density at radius 3 is 0.885 bits per heavy atom. The van der Waals surface area contributed by atoms with Crippen LogP contribution in [0.3, 0.4) is 0 Å². The highest BCUT2D eigenvalue weighted by Gasteiger charge is 2.25. The molecule has 0 aliphatic carbocycles. The number of carboxylic acids is 1. The van der Waals surface area contributed by atoms with Crippen molar-refractivity contribution in [3.63, 3.8) is 0 Å². The van der Waals surface area contributed by atoms with Gasteiger partial charge in [0.1, 0.15) is 13.2 Å². The molecular formula is C87H164NO8+. The lowest BCUT2D eigenvalue weighted by Gasteiger charge is -2.25. The number of allylic oxidation sites excluding steroid dienone is 8. The minimum atomic E-state index is -1.51. The molecule has 0 fully saturated rings. The van der Waals surface area contributed by atoms with E-state index in [1.54, 1.807) is 0 Å². The number of rotatable bonds is 80. The van der Waals surface area contributed by atoms with Crippen LogP contribution in [0.15, 0.2) is 48.6 Å². The monoisotopic (exact) mass is 1350 g/mol. The fourth-order valence-corrected chi connectivity index (χ4v) is 13.0. The fourth-order valence-electron chi connectivity index (χ4n) is 13.0. The first-order valence-electron chi connectivity index (χ1n) is 42.3. The minimum Gasteiger partial charge on any atom is -0.477 e. The summed E-state index contributed by atoms with van der Waals surface area (Å²) < 4.78 is 23.1. The summed E-state index contributed by atoms with van der Waals surface area (Å²) in [5.41, 5.74) is 0. The predicted octanol–water partition coefficient (Wildman–Crippen LogP) is 27.2. The summed E-state index contributed by atoms with van der Waals surface area (Å²) in [5.74, 6) is -1.97. The molecule has 0 saturated carbocycles. The Balaban J connectivity index is 3.93. The molecule has 0 aliphatic rings. The quantitative estimate of drug-likeness (QED) is 0.0211. The van der Waals surface area contributed by atoms with Crippen LogP contribution in [0.25, 0.3) is 0 Å². The van der Waals surface area contributed by atoms with Gasteiger partial charge in [-0.15, -0.1) is 0 Å². The molecule has 0 spiro atoms. The van der Waals surface area contributed by atoms with Crippen molar-refractivity contribution < 1.29 is 42.9 Å². The Morgan fingerprint density at radius 1 is 0.323 bits per heavy atom. The van der Waals surface area contributed by atoms with E-state index in [4.69, 9.17) is 18.9 Å². The van der Waals surface area contributed by atoms with Crippen LogP contribution in [-0.4, -0.2) is 87.4 Å². The van der Waals surface area contributed by atoms with Crippen molar-refractivity contribution in [3.05, 3.63) is 48.6 Å². The maximum absolute atomic E-state index is 13.0. The van der Waals surface area contributed by atoms with Gasteiger partial charge in [-0.3, -0.25) is 9.59 Å². The van der Waals surface area contributed by atoms with Crippen molar-refractivity contribution in [2.75, 3.05) is 47.5 Å². The number of hydrogen-bond donors (Lipinski definition) is 1. The van der Waals surface area contributed by atoms with E-state index < -0.39 is 18.4 Å². The van der Waals surface area contributed by atoms with Crippen LogP contribution in [0.2, 0.25) is 0 Å². The summed E-state index contributed by atoms with van der Waals surface area (Å²) in [6.45, 7) is 4.85. The van der Waals surface area contributed by atoms with Crippen LogP contribution in [0.1, 0.15) is 431 Å². The third-order valence-corrected chi connectivity index (χ3v) is 19.3. The molecule has 0 rings (SSSR count).